The van der Waals surface area contributed by atoms with Gasteiger partial charge in [0.15, 0.2) is 0 Å². The van der Waals surface area contributed by atoms with Crippen LogP contribution in [0.5, 0.6) is 5.88 Å². The second kappa shape index (κ2) is 7.19. The quantitative estimate of drug-likeness (QED) is 0.701. The molecule has 0 saturated carbocycles. The lowest BCUT2D eigenvalue weighted by Crippen LogP contribution is -2.29. The van der Waals surface area contributed by atoms with Gasteiger partial charge in [0, 0.05) is 30.2 Å². The number of carbonyl (C=O) groups excluding carboxylic acids is 1. The number of methoxy groups -OCH3 is 1. The van der Waals surface area contributed by atoms with Gasteiger partial charge in [-0.1, -0.05) is 6.07 Å². The van der Waals surface area contributed by atoms with Gasteiger partial charge in [-0.25, -0.2) is 4.98 Å². The van der Waals surface area contributed by atoms with E-state index in [0.717, 1.165) is 11.3 Å². The first-order valence-corrected chi connectivity index (χ1v) is 7.19. The summed E-state index contributed by atoms with van der Waals surface area (Å²) in [5, 5.41) is 0. The number of nitrogens with zero attached hydrogens (tertiary/aromatic N) is 3. The maximum atomic E-state index is 12.0. The van der Waals surface area contributed by atoms with Crippen molar-refractivity contribution in [1.29, 1.82) is 0 Å². The predicted octanol–water partition coefficient (Wildman–Crippen LogP) is 2.30. The smallest absolute Gasteiger partial charge is 0.271 e. The van der Waals surface area contributed by atoms with Gasteiger partial charge in [0.25, 0.3) is 5.91 Å². The summed E-state index contributed by atoms with van der Waals surface area (Å²) in [7, 11) is 1.57. The van der Waals surface area contributed by atoms with Gasteiger partial charge in [0.05, 0.1) is 30.3 Å². The normalized spacial score (nSPS) is 10.0. The van der Waals surface area contributed by atoms with Gasteiger partial charge >= 0.3 is 0 Å². The van der Waals surface area contributed by atoms with Gasteiger partial charge in [-0.05, 0) is 24.3 Å². The Kier molecular flexibility index (Phi) is 4.62. The molecule has 3 aromatic rings. The maximum Gasteiger partial charge on any atom is 0.271 e. The van der Waals surface area contributed by atoms with Crippen LogP contribution < -0.4 is 15.6 Å². The number of hydrogen-bond acceptors (Lipinski definition) is 6. The van der Waals surface area contributed by atoms with E-state index in [4.69, 9.17) is 4.74 Å². The van der Waals surface area contributed by atoms with E-state index in [9.17, 15) is 4.79 Å². The molecule has 0 unspecified atom stereocenters. The molecule has 3 rings (SSSR count). The highest BCUT2D eigenvalue weighted by atomic mass is 16.5. The van der Waals surface area contributed by atoms with Crippen molar-refractivity contribution in [3.05, 3.63) is 66.7 Å². The number of hydrazine groups is 1. The van der Waals surface area contributed by atoms with Crippen molar-refractivity contribution in [3.63, 3.8) is 0 Å². The fourth-order valence-corrected chi connectivity index (χ4v) is 2.04. The van der Waals surface area contributed by atoms with E-state index in [1.165, 1.54) is 6.20 Å². The van der Waals surface area contributed by atoms with Crippen molar-refractivity contribution in [2.45, 2.75) is 0 Å². The van der Waals surface area contributed by atoms with Crippen LogP contribution >= 0.6 is 0 Å². The minimum Gasteiger partial charge on any atom is -0.481 e. The average Bonchev–Trinajstić information content (AvgIpc) is 2.67. The highest BCUT2D eigenvalue weighted by Gasteiger charge is 2.06. The lowest BCUT2D eigenvalue weighted by Gasteiger charge is -2.09. The zero-order valence-electron chi connectivity index (χ0n) is 12.9. The Bertz CT molecular complexity index is 839. The van der Waals surface area contributed by atoms with E-state index in [0.29, 0.717) is 17.1 Å². The van der Waals surface area contributed by atoms with E-state index in [1.807, 2.05) is 18.2 Å². The fourth-order valence-electron chi connectivity index (χ4n) is 2.04. The zero-order valence-corrected chi connectivity index (χ0v) is 12.9. The summed E-state index contributed by atoms with van der Waals surface area (Å²) in [5.41, 5.74) is 8.06. The van der Waals surface area contributed by atoms with Crippen molar-refractivity contribution in [2.75, 3.05) is 12.5 Å². The van der Waals surface area contributed by atoms with E-state index in [-0.39, 0.29) is 5.91 Å². The molecule has 2 N–H and O–H groups in total. The third-order valence-corrected chi connectivity index (χ3v) is 3.21. The van der Waals surface area contributed by atoms with Crippen LogP contribution in [0.2, 0.25) is 0 Å². The fraction of sp³-hybridized carbons (Fsp3) is 0.0588. The summed E-state index contributed by atoms with van der Waals surface area (Å²) in [6, 6.07) is 10.7. The van der Waals surface area contributed by atoms with Crippen LogP contribution in [0.4, 0.5) is 5.69 Å². The number of pyridine rings is 3. The van der Waals surface area contributed by atoms with Crippen LogP contribution in [0.3, 0.4) is 0 Å². The molecule has 120 valence electrons. The highest BCUT2D eigenvalue weighted by molar-refractivity contribution is 5.94. The number of nitrogens with one attached hydrogen (secondary N) is 2. The highest BCUT2D eigenvalue weighted by Crippen LogP contribution is 2.21. The molecule has 1 amide bonds. The Labute approximate surface area is 138 Å². The van der Waals surface area contributed by atoms with Gasteiger partial charge < -0.3 is 4.74 Å². The summed E-state index contributed by atoms with van der Waals surface area (Å²) in [6.07, 6.45) is 6.40. The molecule has 0 spiro atoms. The van der Waals surface area contributed by atoms with E-state index < -0.39 is 0 Å². The third kappa shape index (κ3) is 3.64. The molecule has 0 aliphatic rings. The number of anilines is 1. The number of amides is 1. The summed E-state index contributed by atoms with van der Waals surface area (Å²) in [6.45, 7) is 0. The molecule has 0 aromatic carbocycles. The second-order valence-corrected chi connectivity index (χ2v) is 4.85. The Morgan fingerprint density at radius 2 is 2.00 bits per heavy atom. The maximum absolute atomic E-state index is 12.0. The monoisotopic (exact) mass is 321 g/mol. The zero-order chi connectivity index (χ0) is 16.8. The minimum absolute atomic E-state index is 0.284. The molecule has 24 heavy (non-hydrogen) atoms. The van der Waals surface area contributed by atoms with Crippen molar-refractivity contribution < 1.29 is 9.53 Å². The minimum atomic E-state index is -0.284. The molecule has 0 saturated heterocycles. The summed E-state index contributed by atoms with van der Waals surface area (Å²) >= 11 is 0. The van der Waals surface area contributed by atoms with Crippen LogP contribution in [-0.2, 0) is 0 Å². The lowest BCUT2D eigenvalue weighted by atomic mass is 10.2. The van der Waals surface area contributed by atoms with Crippen LogP contribution in [0.25, 0.3) is 11.3 Å². The second-order valence-electron chi connectivity index (χ2n) is 4.85. The molecule has 7 nitrogen and oxygen atoms in total. The molecule has 0 fully saturated rings. The Hall–Kier alpha value is -3.48. The average molecular weight is 321 g/mol. The number of aromatic nitrogens is 3. The summed E-state index contributed by atoms with van der Waals surface area (Å²) in [5.74, 6) is 0.240. The largest absolute Gasteiger partial charge is 0.481 e. The SMILES string of the molecule is COc1cccc(-c2cncc(NNC(=O)c3cccnc3)c2)n1. The van der Waals surface area contributed by atoms with Gasteiger partial charge in [-0.15, -0.1) is 0 Å². The number of hydrogen-bond donors (Lipinski definition) is 2. The third-order valence-electron chi connectivity index (χ3n) is 3.21. The molecule has 0 aliphatic heterocycles. The van der Waals surface area contributed by atoms with E-state index in [2.05, 4.69) is 25.8 Å². The van der Waals surface area contributed by atoms with Gasteiger partial charge in [0.1, 0.15) is 0 Å². The van der Waals surface area contributed by atoms with Crippen molar-refractivity contribution in [2.24, 2.45) is 0 Å². The number of ether oxygens (including phenoxy) is 1. The molecule has 0 atom stereocenters. The summed E-state index contributed by atoms with van der Waals surface area (Å²) < 4.78 is 5.12. The van der Waals surface area contributed by atoms with E-state index >= 15 is 0 Å². The van der Waals surface area contributed by atoms with Crippen molar-refractivity contribution >= 4 is 11.6 Å². The molecule has 0 radical (unpaired) electrons. The number of rotatable bonds is 5. The van der Waals surface area contributed by atoms with Gasteiger partial charge in [0.2, 0.25) is 5.88 Å². The van der Waals surface area contributed by atoms with Gasteiger partial charge in [-0.3, -0.25) is 25.6 Å². The molecule has 7 heteroatoms. The lowest BCUT2D eigenvalue weighted by molar-refractivity contribution is 0.0962. The Balaban J connectivity index is 1.72. The van der Waals surface area contributed by atoms with Crippen LogP contribution in [0.1, 0.15) is 10.4 Å². The molecule has 0 bridgehead atoms. The van der Waals surface area contributed by atoms with Crippen molar-refractivity contribution in [1.82, 2.24) is 20.4 Å². The van der Waals surface area contributed by atoms with Crippen LogP contribution in [0, 0.1) is 0 Å². The first-order chi connectivity index (χ1) is 11.8. The first-order valence-electron chi connectivity index (χ1n) is 7.19. The topological polar surface area (TPSA) is 89.0 Å². The van der Waals surface area contributed by atoms with Crippen LogP contribution in [-0.4, -0.2) is 28.0 Å². The summed E-state index contributed by atoms with van der Waals surface area (Å²) in [4.78, 5) is 24.4. The number of carbonyl (C=O) groups is 1. The predicted molar refractivity (Wildman–Crippen MR) is 89.3 cm³/mol. The standard InChI is InChI=1S/C17H15N5O2/c1-24-16-6-2-5-15(20-16)13-8-14(11-19-10-13)21-22-17(23)12-4-3-7-18-9-12/h2-11,21H,1H3,(H,22,23). The van der Waals surface area contributed by atoms with Crippen LogP contribution in [0.15, 0.2) is 61.2 Å². The molecule has 0 aliphatic carbocycles. The Morgan fingerprint density at radius 3 is 2.79 bits per heavy atom. The molecule has 3 aromatic heterocycles. The molecular formula is C17H15N5O2. The Morgan fingerprint density at radius 1 is 1.08 bits per heavy atom. The first kappa shape index (κ1) is 15.4. The van der Waals surface area contributed by atoms with E-state index in [1.54, 1.807) is 43.9 Å². The molecule has 3 heterocycles. The van der Waals surface area contributed by atoms with Gasteiger partial charge in [-0.2, -0.15) is 0 Å². The molecular weight excluding hydrogens is 306 g/mol. The van der Waals surface area contributed by atoms with Crippen molar-refractivity contribution in [3.8, 4) is 17.1 Å².